The van der Waals surface area contributed by atoms with Crippen molar-refractivity contribution in [3.05, 3.63) is 72.5 Å². The number of amides is 1. The summed E-state index contributed by atoms with van der Waals surface area (Å²) in [5.74, 6) is 1.30. The van der Waals surface area contributed by atoms with Gasteiger partial charge in [-0.3, -0.25) is 4.79 Å². The van der Waals surface area contributed by atoms with Crippen molar-refractivity contribution >= 4 is 5.91 Å². The molecular weight excluding hydrogens is 335 g/mol. The average molecular weight is 354 g/mol. The van der Waals surface area contributed by atoms with Crippen molar-refractivity contribution in [3.8, 4) is 17.1 Å². The predicted octanol–water partition coefficient (Wildman–Crippen LogP) is 3.96. The Morgan fingerprint density at radius 2 is 1.88 bits per heavy atom. The Balaban J connectivity index is 1.36. The zero-order chi connectivity index (χ0) is 18.2. The minimum atomic E-state index is -0.307. The molecule has 0 radical (unpaired) electrons. The molecule has 3 aromatic rings. The van der Waals surface area contributed by atoms with Gasteiger partial charge in [-0.05, 0) is 30.7 Å². The van der Waals surface area contributed by atoms with Gasteiger partial charge in [0.2, 0.25) is 11.8 Å². The van der Waals surface area contributed by atoms with E-state index >= 15 is 0 Å². The molecule has 2 aromatic carbocycles. The van der Waals surface area contributed by atoms with Crippen molar-refractivity contribution in [1.82, 2.24) is 10.3 Å². The number of nitrogens with one attached hydrogen (secondary N) is 1. The Kier molecular flexibility index (Phi) is 5.98. The summed E-state index contributed by atoms with van der Waals surface area (Å²) in [7, 11) is 0. The quantitative estimate of drug-likeness (QED) is 0.622. The van der Waals surface area contributed by atoms with Crippen LogP contribution in [0.2, 0.25) is 0 Å². The molecule has 0 aliphatic rings. The number of benzene rings is 2. The fourth-order valence-corrected chi connectivity index (χ4v) is 2.34. The molecule has 5 nitrogen and oxygen atoms in total. The van der Waals surface area contributed by atoms with Crippen LogP contribution in [0, 0.1) is 5.82 Å². The van der Waals surface area contributed by atoms with E-state index in [0.29, 0.717) is 36.8 Å². The minimum Gasteiger partial charge on any atom is -0.494 e. The van der Waals surface area contributed by atoms with Crippen LogP contribution < -0.4 is 10.1 Å². The molecule has 0 aliphatic heterocycles. The lowest BCUT2D eigenvalue weighted by Crippen LogP contribution is -2.23. The van der Waals surface area contributed by atoms with Gasteiger partial charge in [0.25, 0.3) is 0 Å². The van der Waals surface area contributed by atoms with Gasteiger partial charge in [0.05, 0.1) is 19.3 Å². The van der Waals surface area contributed by atoms with E-state index in [2.05, 4.69) is 10.3 Å². The summed E-state index contributed by atoms with van der Waals surface area (Å²) < 4.78 is 23.9. The maximum Gasteiger partial charge on any atom is 0.220 e. The number of rotatable bonds is 8. The van der Waals surface area contributed by atoms with Gasteiger partial charge in [0.15, 0.2) is 5.76 Å². The Labute approximate surface area is 150 Å². The average Bonchev–Trinajstić information content (AvgIpc) is 3.15. The normalized spacial score (nSPS) is 10.5. The monoisotopic (exact) mass is 354 g/mol. The molecule has 1 amide bonds. The van der Waals surface area contributed by atoms with Crippen LogP contribution >= 0.6 is 0 Å². The summed E-state index contributed by atoms with van der Waals surface area (Å²) in [5.41, 5.74) is 0.940. The molecule has 0 saturated heterocycles. The fraction of sp³-hybridized carbons (Fsp3) is 0.200. The molecule has 1 N–H and O–H groups in total. The topological polar surface area (TPSA) is 64.4 Å². The van der Waals surface area contributed by atoms with E-state index in [4.69, 9.17) is 9.15 Å². The molecule has 1 aromatic heterocycles. The van der Waals surface area contributed by atoms with Crippen molar-refractivity contribution in [2.75, 3.05) is 6.61 Å². The number of hydrogen-bond donors (Lipinski definition) is 1. The zero-order valence-corrected chi connectivity index (χ0v) is 14.2. The number of halogens is 1. The fourth-order valence-electron chi connectivity index (χ4n) is 2.34. The molecule has 1 heterocycles. The van der Waals surface area contributed by atoms with Crippen LogP contribution in [0.15, 0.2) is 65.2 Å². The highest BCUT2D eigenvalue weighted by molar-refractivity contribution is 5.75. The Hall–Kier alpha value is -3.15. The molecule has 0 bridgehead atoms. The lowest BCUT2D eigenvalue weighted by molar-refractivity contribution is -0.121. The summed E-state index contributed by atoms with van der Waals surface area (Å²) >= 11 is 0. The van der Waals surface area contributed by atoms with E-state index in [1.54, 1.807) is 18.3 Å². The third-order valence-corrected chi connectivity index (χ3v) is 3.68. The first-order chi connectivity index (χ1) is 12.7. The van der Waals surface area contributed by atoms with Gasteiger partial charge in [-0.15, -0.1) is 0 Å². The van der Waals surface area contributed by atoms with Crippen LogP contribution in [0.3, 0.4) is 0 Å². The third-order valence-electron chi connectivity index (χ3n) is 3.68. The number of nitrogens with zero attached hydrogens (tertiary/aromatic N) is 1. The number of hydrogen-bond acceptors (Lipinski definition) is 4. The second-order valence-corrected chi connectivity index (χ2v) is 5.67. The first-order valence-corrected chi connectivity index (χ1v) is 8.36. The van der Waals surface area contributed by atoms with Crippen molar-refractivity contribution in [2.24, 2.45) is 0 Å². The van der Waals surface area contributed by atoms with E-state index < -0.39 is 0 Å². The lowest BCUT2D eigenvalue weighted by Gasteiger charge is -2.06. The standard InChI is InChI=1S/C20H19FN2O3/c21-16-8-10-17(11-9-16)25-12-4-7-19(24)22-14-20-23-13-18(26-20)15-5-2-1-3-6-15/h1-3,5-6,8-11,13H,4,7,12,14H2,(H,22,24). The number of carbonyl (C=O) groups is 1. The van der Waals surface area contributed by atoms with Gasteiger partial charge < -0.3 is 14.5 Å². The van der Waals surface area contributed by atoms with Gasteiger partial charge in [-0.25, -0.2) is 9.37 Å². The molecule has 26 heavy (non-hydrogen) atoms. The van der Waals surface area contributed by atoms with Gasteiger partial charge in [-0.1, -0.05) is 30.3 Å². The van der Waals surface area contributed by atoms with Crippen LogP contribution in [0.1, 0.15) is 18.7 Å². The first-order valence-electron chi connectivity index (χ1n) is 8.36. The van der Waals surface area contributed by atoms with E-state index in [0.717, 1.165) is 5.56 Å². The predicted molar refractivity (Wildman–Crippen MR) is 94.9 cm³/mol. The number of carbonyl (C=O) groups excluding carboxylic acids is 1. The van der Waals surface area contributed by atoms with Crippen molar-refractivity contribution in [3.63, 3.8) is 0 Å². The van der Waals surface area contributed by atoms with Crippen LogP contribution in [0.25, 0.3) is 11.3 Å². The molecule has 0 atom stereocenters. The van der Waals surface area contributed by atoms with Crippen molar-refractivity contribution < 1.29 is 18.3 Å². The van der Waals surface area contributed by atoms with Crippen LogP contribution in [0.5, 0.6) is 5.75 Å². The Bertz CT molecular complexity index is 832. The highest BCUT2D eigenvalue weighted by atomic mass is 19.1. The second-order valence-electron chi connectivity index (χ2n) is 5.67. The molecule has 0 spiro atoms. The highest BCUT2D eigenvalue weighted by Crippen LogP contribution is 2.19. The molecule has 0 unspecified atom stereocenters. The molecule has 0 saturated carbocycles. The molecule has 0 fully saturated rings. The number of oxazole rings is 1. The molecule has 6 heteroatoms. The lowest BCUT2D eigenvalue weighted by atomic mass is 10.2. The van der Waals surface area contributed by atoms with Crippen LogP contribution in [0.4, 0.5) is 4.39 Å². The van der Waals surface area contributed by atoms with Crippen LogP contribution in [-0.4, -0.2) is 17.5 Å². The largest absolute Gasteiger partial charge is 0.494 e. The molecular formula is C20H19FN2O3. The Morgan fingerprint density at radius 3 is 2.65 bits per heavy atom. The van der Waals surface area contributed by atoms with E-state index in [9.17, 15) is 9.18 Å². The van der Waals surface area contributed by atoms with Gasteiger partial charge in [0.1, 0.15) is 11.6 Å². The first kappa shape index (κ1) is 17.7. The maximum atomic E-state index is 12.8. The minimum absolute atomic E-state index is 0.104. The summed E-state index contributed by atoms with van der Waals surface area (Å²) in [6.45, 7) is 0.626. The SMILES string of the molecule is O=C(CCCOc1ccc(F)cc1)NCc1ncc(-c2ccccc2)o1. The summed E-state index contributed by atoms with van der Waals surface area (Å²) in [4.78, 5) is 16.0. The zero-order valence-electron chi connectivity index (χ0n) is 14.2. The van der Waals surface area contributed by atoms with E-state index in [-0.39, 0.29) is 18.3 Å². The summed E-state index contributed by atoms with van der Waals surface area (Å²) in [6.07, 6.45) is 2.53. The molecule has 0 aliphatic carbocycles. The van der Waals surface area contributed by atoms with Crippen molar-refractivity contribution in [2.45, 2.75) is 19.4 Å². The van der Waals surface area contributed by atoms with Crippen molar-refractivity contribution in [1.29, 1.82) is 0 Å². The molecule has 134 valence electrons. The van der Waals surface area contributed by atoms with Gasteiger partial charge in [0, 0.05) is 12.0 Å². The van der Waals surface area contributed by atoms with Crippen LogP contribution in [-0.2, 0) is 11.3 Å². The molecule has 3 rings (SSSR count). The van der Waals surface area contributed by atoms with Gasteiger partial charge in [-0.2, -0.15) is 0 Å². The second kappa shape index (κ2) is 8.80. The maximum absolute atomic E-state index is 12.8. The van der Waals surface area contributed by atoms with E-state index in [1.807, 2.05) is 30.3 Å². The number of aromatic nitrogens is 1. The van der Waals surface area contributed by atoms with Gasteiger partial charge >= 0.3 is 0 Å². The number of ether oxygens (including phenoxy) is 1. The Morgan fingerprint density at radius 1 is 1.12 bits per heavy atom. The third kappa shape index (κ3) is 5.17. The summed E-state index contributed by atoms with van der Waals surface area (Å²) in [6, 6.07) is 15.4. The smallest absolute Gasteiger partial charge is 0.220 e. The summed E-state index contributed by atoms with van der Waals surface area (Å²) in [5, 5.41) is 2.77. The van der Waals surface area contributed by atoms with E-state index in [1.165, 1.54) is 12.1 Å². The highest BCUT2D eigenvalue weighted by Gasteiger charge is 2.08.